The Balaban J connectivity index is 2.09. The van der Waals surface area contributed by atoms with Crippen LogP contribution in [0.2, 0.25) is 0 Å². The van der Waals surface area contributed by atoms with Gasteiger partial charge in [0.05, 0.1) is 0 Å². The predicted octanol–water partition coefficient (Wildman–Crippen LogP) is 1.28. The van der Waals surface area contributed by atoms with Crippen molar-refractivity contribution in [2.75, 3.05) is 17.2 Å². The third-order valence-electron chi connectivity index (χ3n) is 2.88. The van der Waals surface area contributed by atoms with Gasteiger partial charge in [0, 0.05) is 13.0 Å². The second-order valence-corrected chi connectivity index (χ2v) is 5.25. The van der Waals surface area contributed by atoms with Crippen molar-refractivity contribution in [1.29, 1.82) is 0 Å². The Kier molecular flexibility index (Phi) is 4.89. The highest BCUT2D eigenvalue weighted by Crippen LogP contribution is 2.27. The summed E-state index contributed by atoms with van der Waals surface area (Å²) in [5.41, 5.74) is 0. The van der Waals surface area contributed by atoms with Gasteiger partial charge in [-0.1, -0.05) is 6.92 Å². The van der Waals surface area contributed by atoms with Crippen molar-refractivity contribution < 1.29 is 9.59 Å². The molecule has 1 aromatic heterocycles. The van der Waals surface area contributed by atoms with Gasteiger partial charge in [0.2, 0.25) is 11.8 Å². The van der Waals surface area contributed by atoms with E-state index < -0.39 is 6.04 Å². The Morgan fingerprint density at radius 3 is 2.85 bits per heavy atom. The first-order chi connectivity index (χ1) is 9.61. The molecule has 2 amide bonds. The van der Waals surface area contributed by atoms with E-state index in [1.165, 1.54) is 6.33 Å². The number of piperidine rings is 1. The molecule has 3 N–H and O–H groups in total. The van der Waals surface area contributed by atoms with Crippen LogP contribution in [0.1, 0.15) is 26.2 Å². The fourth-order valence-corrected chi connectivity index (χ4v) is 2.29. The van der Waals surface area contributed by atoms with Crippen LogP contribution >= 0.6 is 15.9 Å². The van der Waals surface area contributed by atoms with E-state index in [9.17, 15) is 9.59 Å². The third kappa shape index (κ3) is 3.44. The maximum atomic E-state index is 11.7. The van der Waals surface area contributed by atoms with Gasteiger partial charge in [0.1, 0.15) is 28.5 Å². The summed E-state index contributed by atoms with van der Waals surface area (Å²) in [5, 5.41) is 8.50. The quantitative estimate of drug-likeness (QED) is 0.698. The zero-order valence-electron chi connectivity index (χ0n) is 11.1. The fraction of sp³-hybridized carbons (Fsp3) is 0.500. The van der Waals surface area contributed by atoms with Crippen LogP contribution in [0, 0.1) is 0 Å². The minimum Gasteiger partial charge on any atom is -0.369 e. The highest BCUT2D eigenvalue weighted by atomic mass is 79.9. The second kappa shape index (κ2) is 6.65. The predicted molar refractivity (Wildman–Crippen MR) is 78.3 cm³/mol. The van der Waals surface area contributed by atoms with Crippen LogP contribution in [0.25, 0.3) is 0 Å². The highest BCUT2D eigenvalue weighted by Gasteiger charge is 2.27. The number of anilines is 2. The van der Waals surface area contributed by atoms with E-state index in [0.29, 0.717) is 29.0 Å². The number of nitrogens with zero attached hydrogens (tertiary/aromatic N) is 2. The van der Waals surface area contributed by atoms with Crippen molar-refractivity contribution >= 4 is 39.4 Å². The molecule has 8 heteroatoms. The molecular formula is C12H16BrN5O2. The summed E-state index contributed by atoms with van der Waals surface area (Å²) in [6.07, 6.45) is 3.19. The highest BCUT2D eigenvalue weighted by molar-refractivity contribution is 9.10. The van der Waals surface area contributed by atoms with E-state index in [4.69, 9.17) is 0 Å². The molecule has 0 bridgehead atoms. The lowest BCUT2D eigenvalue weighted by molar-refractivity contribution is -0.133. The molecule has 1 aliphatic heterocycles. The summed E-state index contributed by atoms with van der Waals surface area (Å²) < 4.78 is 0.679. The van der Waals surface area contributed by atoms with Crippen LogP contribution < -0.4 is 16.0 Å². The van der Waals surface area contributed by atoms with Crippen molar-refractivity contribution in [3.8, 4) is 0 Å². The van der Waals surface area contributed by atoms with Crippen molar-refractivity contribution in [3.63, 3.8) is 0 Å². The van der Waals surface area contributed by atoms with Gasteiger partial charge in [-0.05, 0) is 28.8 Å². The van der Waals surface area contributed by atoms with Gasteiger partial charge in [0.15, 0.2) is 0 Å². The summed E-state index contributed by atoms with van der Waals surface area (Å²) in [6, 6.07) is -0.460. The maximum absolute atomic E-state index is 11.7. The molecule has 7 nitrogen and oxygen atoms in total. The summed E-state index contributed by atoms with van der Waals surface area (Å²) in [7, 11) is 0. The van der Waals surface area contributed by atoms with Gasteiger partial charge in [-0.15, -0.1) is 0 Å². The fourth-order valence-electron chi connectivity index (χ4n) is 1.83. The molecule has 0 aliphatic carbocycles. The average molecular weight is 342 g/mol. The molecule has 2 heterocycles. The zero-order chi connectivity index (χ0) is 14.5. The summed E-state index contributed by atoms with van der Waals surface area (Å²) in [6.45, 7) is 2.86. The Morgan fingerprint density at radius 2 is 2.15 bits per heavy atom. The van der Waals surface area contributed by atoms with Gasteiger partial charge in [-0.3, -0.25) is 14.9 Å². The van der Waals surface area contributed by atoms with Gasteiger partial charge in [-0.2, -0.15) is 0 Å². The Labute approximate surface area is 125 Å². The van der Waals surface area contributed by atoms with Crippen molar-refractivity contribution in [2.45, 2.75) is 32.2 Å². The van der Waals surface area contributed by atoms with Crippen LogP contribution in [-0.4, -0.2) is 34.4 Å². The Bertz CT molecular complexity index is 523. The first-order valence-corrected chi connectivity index (χ1v) is 7.25. The molecule has 1 saturated heterocycles. The van der Waals surface area contributed by atoms with E-state index in [-0.39, 0.29) is 11.8 Å². The summed E-state index contributed by atoms with van der Waals surface area (Å²) in [5.74, 6) is 0.652. The van der Waals surface area contributed by atoms with E-state index >= 15 is 0 Å². The smallest absolute Gasteiger partial charge is 0.249 e. The third-order valence-corrected chi connectivity index (χ3v) is 3.63. The Morgan fingerprint density at radius 1 is 1.40 bits per heavy atom. The number of rotatable bonds is 5. The maximum Gasteiger partial charge on any atom is 0.249 e. The van der Waals surface area contributed by atoms with Crippen molar-refractivity contribution in [3.05, 3.63) is 10.8 Å². The molecule has 20 heavy (non-hydrogen) atoms. The minimum atomic E-state index is -0.460. The molecule has 1 atom stereocenters. The largest absolute Gasteiger partial charge is 0.369 e. The van der Waals surface area contributed by atoms with Crippen molar-refractivity contribution in [1.82, 2.24) is 15.3 Å². The lowest BCUT2D eigenvalue weighted by atomic mass is 10.1. The summed E-state index contributed by atoms with van der Waals surface area (Å²) >= 11 is 3.42. The first kappa shape index (κ1) is 14.7. The van der Waals surface area contributed by atoms with Crippen LogP contribution in [0.15, 0.2) is 10.8 Å². The molecule has 108 valence electrons. The Hall–Kier alpha value is -1.70. The molecule has 0 saturated carbocycles. The van der Waals surface area contributed by atoms with E-state index in [0.717, 1.165) is 13.0 Å². The molecular weight excluding hydrogens is 326 g/mol. The number of imide groups is 1. The number of nitrogens with one attached hydrogen (secondary N) is 3. The van der Waals surface area contributed by atoms with Crippen LogP contribution in [0.3, 0.4) is 0 Å². The number of hydrogen-bond acceptors (Lipinski definition) is 6. The molecule has 1 unspecified atom stereocenters. The average Bonchev–Trinajstić information content (AvgIpc) is 2.42. The monoisotopic (exact) mass is 341 g/mol. The number of amides is 2. The molecule has 0 aromatic carbocycles. The van der Waals surface area contributed by atoms with Crippen molar-refractivity contribution in [2.24, 2.45) is 0 Å². The van der Waals surface area contributed by atoms with E-state index in [1.54, 1.807) is 0 Å². The number of carbonyl (C=O) groups excluding carboxylic acids is 2. The molecule has 1 aromatic rings. The molecule has 0 radical (unpaired) electrons. The van der Waals surface area contributed by atoms with Gasteiger partial charge in [0.25, 0.3) is 0 Å². The normalized spacial score (nSPS) is 18.6. The van der Waals surface area contributed by atoms with E-state index in [2.05, 4.69) is 48.8 Å². The molecule has 0 spiro atoms. The van der Waals surface area contributed by atoms with Gasteiger partial charge >= 0.3 is 0 Å². The SMILES string of the molecule is CCCNc1ncnc(NC2CCC(=O)NC2=O)c1Br. The zero-order valence-corrected chi connectivity index (χ0v) is 12.7. The summed E-state index contributed by atoms with van der Waals surface area (Å²) in [4.78, 5) is 31.1. The number of carbonyl (C=O) groups is 2. The number of hydrogen-bond donors (Lipinski definition) is 3. The lowest BCUT2D eigenvalue weighted by Crippen LogP contribution is -2.47. The topological polar surface area (TPSA) is 96.0 Å². The van der Waals surface area contributed by atoms with Gasteiger partial charge < -0.3 is 10.6 Å². The minimum absolute atomic E-state index is 0.236. The molecule has 2 rings (SSSR count). The van der Waals surface area contributed by atoms with Crippen LogP contribution in [-0.2, 0) is 9.59 Å². The second-order valence-electron chi connectivity index (χ2n) is 4.46. The van der Waals surface area contributed by atoms with Crippen LogP contribution in [0.4, 0.5) is 11.6 Å². The standard InChI is InChI=1S/C12H16BrN5O2/c1-2-5-14-10-9(13)11(16-6-15-10)17-7-3-4-8(19)18-12(7)20/h6-7H,2-5H2,1H3,(H,18,19,20)(H2,14,15,16,17). The first-order valence-electron chi connectivity index (χ1n) is 6.46. The number of aromatic nitrogens is 2. The molecule has 1 aliphatic rings. The van der Waals surface area contributed by atoms with E-state index in [1.807, 2.05) is 0 Å². The number of halogens is 1. The lowest BCUT2D eigenvalue weighted by Gasteiger charge is -2.23. The molecule has 1 fully saturated rings. The van der Waals surface area contributed by atoms with Crippen LogP contribution in [0.5, 0.6) is 0 Å². The van der Waals surface area contributed by atoms with Gasteiger partial charge in [-0.25, -0.2) is 9.97 Å².